The molecule has 0 aromatic rings. The van der Waals surface area contributed by atoms with Gasteiger partial charge >= 0.3 is 0 Å². The van der Waals surface area contributed by atoms with Crippen LogP contribution < -0.4 is 32.7 Å². The molecule has 0 bridgehead atoms. The normalized spacial score (nSPS) is 10.4. The van der Waals surface area contributed by atoms with Gasteiger partial charge in [0.2, 0.25) is 11.8 Å². The maximum Gasteiger partial charge on any atom is 0.220 e. The lowest BCUT2D eigenvalue weighted by Gasteiger charge is -2.07. The summed E-state index contributed by atoms with van der Waals surface area (Å²) >= 11 is 0. The molecule has 124 valence electrons. The predicted octanol–water partition coefficient (Wildman–Crippen LogP) is -2.51. The van der Waals surface area contributed by atoms with Gasteiger partial charge < -0.3 is 32.7 Å². The average Bonchev–Trinajstić information content (AvgIpc) is 2.47. The molecule has 0 aliphatic carbocycles. The highest BCUT2D eigenvalue weighted by Crippen LogP contribution is 1.94. The van der Waals surface area contributed by atoms with Crippen molar-refractivity contribution in [3.8, 4) is 0 Å². The van der Waals surface area contributed by atoms with E-state index in [1.165, 1.54) is 0 Å². The summed E-state index contributed by atoms with van der Waals surface area (Å²) in [5, 5.41) is 11.7. The van der Waals surface area contributed by atoms with Crippen LogP contribution in [0.5, 0.6) is 0 Å². The number of rotatable bonds is 14. The number of hydrogen-bond donors (Lipinski definition) is 6. The van der Waals surface area contributed by atoms with Crippen molar-refractivity contribution in [1.82, 2.24) is 21.3 Å². The smallest absolute Gasteiger partial charge is 0.220 e. The molecule has 0 saturated heterocycles. The van der Waals surface area contributed by atoms with E-state index in [4.69, 9.17) is 11.5 Å². The third kappa shape index (κ3) is 15.0. The van der Waals surface area contributed by atoms with E-state index >= 15 is 0 Å². The third-order valence-electron chi connectivity index (χ3n) is 2.70. The van der Waals surface area contributed by atoms with Gasteiger partial charge in [-0.2, -0.15) is 0 Å². The first-order valence-electron chi connectivity index (χ1n) is 7.55. The van der Waals surface area contributed by atoms with Crippen molar-refractivity contribution in [3.05, 3.63) is 0 Å². The summed E-state index contributed by atoms with van der Waals surface area (Å²) in [6, 6.07) is 0. The molecule has 0 atom stereocenters. The van der Waals surface area contributed by atoms with Gasteiger partial charge in [0.25, 0.3) is 0 Å². The number of hydrogen-bond acceptors (Lipinski definition) is 6. The molecule has 0 saturated carbocycles. The fourth-order valence-corrected chi connectivity index (χ4v) is 1.62. The van der Waals surface area contributed by atoms with Crippen molar-refractivity contribution in [1.29, 1.82) is 0 Å². The molecule has 0 heterocycles. The molecular weight excluding hydrogens is 272 g/mol. The Kier molecular flexibility index (Phi) is 14.3. The zero-order valence-electron chi connectivity index (χ0n) is 12.7. The average molecular weight is 302 g/mol. The van der Waals surface area contributed by atoms with E-state index in [-0.39, 0.29) is 11.8 Å². The molecule has 0 unspecified atom stereocenters. The van der Waals surface area contributed by atoms with Crippen LogP contribution in [-0.2, 0) is 9.59 Å². The van der Waals surface area contributed by atoms with Crippen molar-refractivity contribution in [2.75, 3.05) is 52.4 Å². The largest absolute Gasteiger partial charge is 0.355 e. The number of carbonyl (C=O) groups is 2. The molecule has 0 aromatic carbocycles. The minimum Gasteiger partial charge on any atom is -0.355 e. The van der Waals surface area contributed by atoms with Crippen LogP contribution in [0.25, 0.3) is 0 Å². The Morgan fingerprint density at radius 3 is 1.48 bits per heavy atom. The van der Waals surface area contributed by atoms with Crippen LogP contribution in [-0.4, -0.2) is 64.2 Å². The van der Waals surface area contributed by atoms with Gasteiger partial charge in [0.1, 0.15) is 0 Å². The first-order valence-corrected chi connectivity index (χ1v) is 7.55. The van der Waals surface area contributed by atoms with Gasteiger partial charge in [0.15, 0.2) is 0 Å². The van der Waals surface area contributed by atoms with Crippen LogP contribution in [0.15, 0.2) is 0 Å². The number of carbonyl (C=O) groups excluding carboxylic acids is 2. The fraction of sp³-hybridized carbons (Fsp3) is 0.846. The Morgan fingerprint density at radius 2 is 1.10 bits per heavy atom. The zero-order valence-corrected chi connectivity index (χ0v) is 12.7. The Hall–Kier alpha value is -1.22. The van der Waals surface area contributed by atoms with E-state index in [2.05, 4.69) is 21.3 Å². The maximum atomic E-state index is 11.5. The molecule has 0 rings (SSSR count). The molecule has 0 aliphatic rings. The summed E-state index contributed by atoms with van der Waals surface area (Å²) in [5.41, 5.74) is 10.7. The van der Waals surface area contributed by atoms with Gasteiger partial charge in [-0.3, -0.25) is 9.59 Å². The van der Waals surface area contributed by atoms with E-state index in [0.29, 0.717) is 58.5 Å². The lowest BCUT2D eigenvalue weighted by atomic mass is 10.2. The molecule has 0 radical (unpaired) electrons. The fourth-order valence-electron chi connectivity index (χ4n) is 1.62. The van der Waals surface area contributed by atoms with Crippen molar-refractivity contribution in [3.63, 3.8) is 0 Å². The summed E-state index contributed by atoms with van der Waals surface area (Å²) < 4.78 is 0. The van der Waals surface area contributed by atoms with Crippen LogP contribution in [0.2, 0.25) is 0 Å². The van der Waals surface area contributed by atoms with E-state index < -0.39 is 0 Å². The third-order valence-corrected chi connectivity index (χ3v) is 2.70. The summed E-state index contributed by atoms with van der Waals surface area (Å²) in [6.07, 6.45) is 1.30. The second-order valence-corrected chi connectivity index (χ2v) is 4.63. The van der Waals surface area contributed by atoms with E-state index in [0.717, 1.165) is 13.1 Å². The minimum absolute atomic E-state index is 0.0260. The second kappa shape index (κ2) is 15.2. The molecule has 21 heavy (non-hydrogen) atoms. The number of amides is 2. The van der Waals surface area contributed by atoms with Crippen LogP contribution >= 0.6 is 0 Å². The van der Waals surface area contributed by atoms with E-state index in [1.807, 2.05) is 0 Å². The van der Waals surface area contributed by atoms with Crippen molar-refractivity contribution in [2.45, 2.75) is 19.3 Å². The van der Waals surface area contributed by atoms with Gasteiger partial charge in [0, 0.05) is 65.2 Å². The van der Waals surface area contributed by atoms with Gasteiger partial charge in [-0.15, -0.1) is 0 Å². The van der Waals surface area contributed by atoms with Crippen molar-refractivity contribution < 1.29 is 9.59 Å². The Balaban J connectivity index is 3.34. The highest BCUT2D eigenvalue weighted by molar-refractivity contribution is 5.78. The van der Waals surface area contributed by atoms with Gasteiger partial charge in [0.05, 0.1) is 0 Å². The first-order chi connectivity index (χ1) is 10.2. The second-order valence-electron chi connectivity index (χ2n) is 4.63. The van der Waals surface area contributed by atoms with Crippen LogP contribution in [0.3, 0.4) is 0 Å². The molecule has 0 fully saturated rings. The highest BCUT2D eigenvalue weighted by atomic mass is 16.2. The Bertz CT molecular complexity index is 249. The topological polar surface area (TPSA) is 134 Å². The van der Waals surface area contributed by atoms with Gasteiger partial charge in [-0.05, 0) is 6.42 Å². The van der Waals surface area contributed by atoms with Crippen LogP contribution in [0, 0.1) is 0 Å². The van der Waals surface area contributed by atoms with Gasteiger partial charge in [-0.1, -0.05) is 0 Å². The summed E-state index contributed by atoms with van der Waals surface area (Å²) in [5.74, 6) is -0.0519. The molecule has 0 spiro atoms. The standard InChI is InChI=1S/C13H30N6O2/c14-4-6-16-8-10-18-12(20)2-1-3-13(21)19-11-9-17-7-5-15/h16-17H,1-11,14-15H2,(H,18,20)(H,19,21). The van der Waals surface area contributed by atoms with E-state index in [1.54, 1.807) is 0 Å². The van der Waals surface area contributed by atoms with Crippen molar-refractivity contribution in [2.24, 2.45) is 11.5 Å². The monoisotopic (exact) mass is 302 g/mol. The summed E-state index contributed by atoms with van der Waals surface area (Å²) in [6.45, 7) is 5.25. The predicted molar refractivity (Wildman–Crippen MR) is 83.7 cm³/mol. The Labute approximate surface area is 126 Å². The van der Waals surface area contributed by atoms with Crippen molar-refractivity contribution >= 4 is 11.8 Å². The highest BCUT2D eigenvalue weighted by Gasteiger charge is 2.04. The summed E-state index contributed by atoms with van der Waals surface area (Å²) in [7, 11) is 0. The Morgan fingerprint density at radius 1 is 0.667 bits per heavy atom. The molecular formula is C13H30N6O2. The molecule has 8 nitrogen and oxygen atoms in total. The van der Waals surface area contributed by atoms with Crippen LogP contribution in [0.1, 0.15) is 19.3 Å². The van der Waals surface area contributed by atoms with Crippen LogP contribution in [0.4, 0.5) is 0 Å². The molecule has 0 aliphatic heterocycles. The molecule has 2 amide bonds. The quantitative estimate of drug-likeness (QED) is 0.196. The maximum absolute atomic E-state index is 11.5. The number of nitrogens with two attached hydrogens (primary N) is 2. The first kappa shape index (κ1) is 19.8. The SMILES string of the molecule is NCCNCCNC(=O)CCCC(=O)NCCNCCN. The molecule has 8 heteroatoms. The minimum atomic E-state index is -0.0260. The molecule has 8 N–H and O–H groups in total. The molecule has 0 aromatic heterocycles. The zero-order chi connectivity index (χ0) is 15.8. The lowest BCUT2D eigenvalue weighted by molar-refractivity contribution is -0.122. The van der Waals surface area contributed by atoms with E-state index in [9.17, 15) is 9.59 Å². The summed E-state index contributed by atoms with van der Waals surface area (Å²) in [4.78, 5) is 22.9. The number of nitrogens with one attached hydrogen (secondary N) is 4. The lowest BCUT2D eigenvalue weighted by Crippen LogP contribution is -2.34. The van der Waals surface area contributed by atoms with Gasteiger partial charge in [-0.25, -0.2) is 0 Å².